The lowest BCUT2D eigenvalue weighted by atomic mass is 9.43. The average molecular weight is 635 g/mol. The van der Waals surface area contributed by atoms with Gasteiger partial charge in [-0.3, -0.25) is 9.59 Å². The smallest absolute Gasteiger partial charge is 0.331 e. The highest BCUT2D eigenvalue weighted by Gasteiger charge is 2.71. The summed E-state index contributed by atoms with van der Waals surface area (Å²) in [6.07, 6.45) is 3.26. The van der Waals surface area contributed by atoms with Gasteiger partial charge in [0, 0.05) is 44.8 Å². The van der Waals surface area contributed by atoms with Gasteiger partial charge in [0.15, 0.2) is 12.4 Å². The van der Waals surface area contributed by atoms with Crippen LogP contribution >= 0.6 is 0 Å². The maximum atomic E-state index is 12.8. The number of aliphatic hydroxyl groups excluding tert-OH is 1. The van der Waals surface area contributed by atoms with Crippen LogP contribution in [-0.4, -0.2) is 90.4 Å². The zero-order valence-electron chi connectivity index (χ0n) is 27.4. The van der Waals surface area contributed by atoms with Crippen LogP contribution < -0.4 is 0 Å². The Balaban J connectivity index is 1.20. The van der Waals surface area contributed by atoms with Gasteiger partial charge in [-0.25, -0.2) is 4.79 Å². The van der Waals surface area contributed by atoms with Crippen LogP contribution in [-0.2, 0) is 42.8 Å². The van der Waals surface area contributed by atoms with Gasteiger partial charge in [-0.2, -0.15) is 0 Å². The number of aliphatic hydroxyl groups is 2. The van der Waals surface area contributed by atoms with Crippen LogP contribution in [0.3, 0.4) is 0 Å². The standard InChI is InChI=1S/C34H50O11/c1-17-28(38)29(40-6)30(44-19(3)36)31(42-17)45-22-9-11-32(4)21(14-22)7-8-24-23(32)10-12-33(5)27(20-13-26(37)41-16-20)25(43-18(2)35)15-34(24,33)39/h13,17,21-25,27-31,38-39H,7-12,14-16H2,1-6H3/t17-,21+,22-,23-,24+,25-,27-,28-,29-,30+,31-,32-,33+,34-/m0/s1. The molecule has 2 N–H and O–H groups in total. The highest BCUT2D eigenvalue weighted by Crippen LogP contribution is 2.70. The lowest BCUT2D eigenvalue weighted by Gasteiger charge is -2.63. The van der Waals surface area contributed by atoms with Crippen molar-refractivity contribution in [2.24, 2.45) is 34.5 Å². The van der Waals surface area contributed by atoms with Crippen LogP contribution in [0.5, 0.6) is 0 Å². The molecule has 1 saturated heterocycles. The Hall–Kier alpha value is -2.05. The number of hydrogen-bond donors (Lipinski definition) is 2. The minimum Gasteiger partial charge on any atom is -0.462 e. The lowest BCUT2D eigenvalue weighted by Crippen LogP contribution is -2.63. The van der Waals surface area contributed by atoms with Gasteiger partial charge in [0.25, 0.3) is 0 Å². The fourth-order valence-corrected chi connectivity index (χ4v) is 10.7. The molecule has 4 saturated carbocycles. The molecule has 0 aromatic rings. The number of carbonyl (C=O) groups is 3. The first-order valence-corrected chi connectivity index (χ1v) is 16.7. The molecular weight excluding hydrogens is 584 g/mol. The second-order valence-electron chi connectivity index (χ2n) is 15.0. The van der Waals surface area contributed by atoms with E-state index in [2.05, 4.69) is 13.8 Å². The summed E-state index contributed by atoms with van der Waals surface area (Å²) in [4.78, 5) is 36.2. The molecule has 0 bridgehead atoms. The Morgan fingerprint density at radius 2 is 1.73 bits per heavy atom. The molecule has 11 heteroatoms. The second-order valence-corrected chi connectivity index (χ2v) is 15.0. The van der Waals surface area contributed by atoms with E-state index in [4.69, 9.17) is 28.4 Å². The van der Waals surface area contributed by atoms with Crippen molar-refractivity contribution in [2.45, 2.75) is 135 Å². The normalized spacial score (nSPS) is 49.2. The number of ether oxygens (including phenoxy) is 6. The lowest BCUT2D eigenvalue weighted by molar-refractivity contribution is -0.315. The largest absolute Gasteiger partial charge is 0.462 e. The van der Waals surface area contributed by atoms with Crippen LogP contribution in [0.1, 0.15) is 86.0 Å². The molecule has 14 atom stereocenters. The Kier molecular flexibility index (Phi) is 8.68. The number of carbonyl (C=O) groups excluding carboxylic acids is 3. The summed E-state index contributed by atoms with van der Waals surface area (Å²) in [6.45, 7) is 9.14. The number of fused-ring (bicyclic) bond motifs is 5. The first-order chi connectivity index (χ1) is 21.2. The maximum absolute atomic E-state index is 12.8. The van der Waals surface area contributed by atoms with Crippen LogP contribution in [0.15, 0.2) is 11.6 Å². The molecule has 0 radical (unpaired) electrons. The predicted octanol–water partition coefficient (Wildman–Crippen LogP) is 3.22. The molecule has 2 heterocycles. The molecule has 6 aliphatic rings. The summed E-state index contributed by atoms with van der Waals surface area (Å²) in [6, 6.07) is 0. The fourth-order valence-electron chi connectivity index (χ4n) is 10.7. The molecular formula is C34H50O11. The molecule has 0 aromatic carbocycles. The molecule has 252 valence electrons. The molecule has 0 spiro atoms. The van der Waals surface area contributed by atoms with E-state index in [0.717, 1.165) is 50.5 Å². The predicted molar refractivity (Wildman–Crippen MR) is 158 cm³/mol. The molecule has 11 nitrogen and oxygen atoms in total. The molecule has 2 aliphatic heterocycles. The van der Waals surface area contributed by atoms with Crippen molar-refractivity contribution in [3.05, 3.63) is 11.6 Å². The Labute approximate surface area is 265 Å². The fraction of sp³-hybridized carbons (Fsp3) is 0.853. The van der Waals surface area contributed by atoms with Crippen molar-refractivity contribution in [3.63, 3.8) is 0 Å². The van der Waals surface area contributed by atoms with Gasteiger partial charge in [-0.05, 0) is 80.6 Å². The summed E-state index contributed by atoms with van der Waals surface area (Å²) >= 11 is 0. The molecule has 0 aromatic heterocycles. The van der Waals surface area contributed by atoms with Crippen LogP contribution in [0, 0.1) is 34.5 Å². The number of methoxy groups -OCH3 is 1. The first-order valence-electron chi connectivity index (χ1n) is 16.7. The van der Waals surface area contributed by atoms with Gasteiger partial charge in [0.05, 0.1) is 17.8 Å². The monoisotopic (exact) mass is 634 g/mol. The van der Waals surface area contributed by atoms with Crippen molar-refractivity contribution < 1.29 is 53.0 Å². The van der Waals surface area contributed by atoms with Crippen molar-refractivity contribution in [1.82, 2.24) is 0 Å². The third-order valence-electron chi connectivity index (χ3n) is 12.9. The summed E-state index contributed by atoms with van der Waals surface area (Å²) < 4.78 is 34.8. The van der Waals surface area contributed by atoms with Crippen LogP contribution in [0.25, 0.3) is 0 Å². The average Bonchev–Trinajstić information content (AvgIpc) is 3.48. The quantitative estimate of drug-likeness (QED) is 0.252. The van der Waals surface area contributed by atoms with Crippen LogP contribution in [0.2, 0.25) is 0 Å². The van der Waals surface area contributed by atoms with Crippen LogP contribution in [0.4, 0.5) is 0 Å². The summed E-state index contributed by atoms with van der Waals surface area (Å²) in [5.74, 6) is -0.838. The number of hydrogen-bond acceptors (Lipinski definition) is 11. The van der Waals surface area contributed by atoms with E-state index in [1.165, 1.54) is 27.0 Å². The van der Waals surface area contributed by atoms with Gasteiger partial charge in [-0.1, -0.05) is 13.8 Å². The third kappa shape index (κ3) is 5.34. The van der Waals surface area contributed by atoms with Crippen molar-refractivity contribution in [2.75, 3.05) is 13.7 Å². The van der Waals surface area contributed by atoms with E-state index in [-0.39, 0.29) is 47.8 Å². The van der Waals surface area contributed by atoms with Gasteiger partial charge in [0.2, 0.25) is 0 Å². The molecule has 4 aliphatic carbocycles. The molecule has 45 heavy (non-hydrogen) atoms. The van der Waals surface area contributed by atoms with Gasteiger partial charge in [0.1, 0.15) is 24.9 Å². The van der Waals surface area contributed by atoms with E-state index in [1.807, 2.05) is 0 Å². The molecule has 6 rings (SSSR count). The number of cyclic esters (lactones) is 1. The van der Waals surface area contributed by atoms with E-state index < -0.39 is 53.8 Å². The topological polar surface area (TPSA) is 147 Å². The second kappa shape index (κ2) is 11.9. The summed E-state index contributed by atoms with van der Waals surface area (Å²) in [5, 5.41) is 23.4. The molecule has 5 fully saturated rings. The summed E-state index contributed by atoms with van der Waals surface area (Å²) in [5.41, 5.74) is -0.800. The minimum atomic E-state index is -1.05. The number of esters is 3. The Morgan fingerprint density at radius 3 is 2.38 bits per heavy atom. The van der Waals surface area contributed by atoms with E-state index in [0.29, 0.717) is 12.3 Å². The van der Waals surface area contributed by atoms with Gasteiger partial charge >= 0.3 is 17.9 Å². The first kappa shape index (κ1) is 32.9. The maximum Gasteiger partial charge on any atom is 0.331 e. The van der Waals surface area contributed by atoms with E-state index in [9.17, 15) is 24.6 Å². The zero-order valence-corrected chi connectivity index (χ0v) is 27.4. The minimum absolute atomic E-state index is 0.0121. The highest BCUT2D eigenvalue weighted by molar-refractivity contribution is 5.85. The SMILES string of the molecule is CO[C@H]1[C@@H](O)[C@H](C)O[C@@H](O[C@H]2CC[C@@]3(C)[C@H](CC[C@@H]4[C@@H]3CC[C@]3(C)[C@@H](C5=CC(=O)OC5)[C@@H](OC(C)=O)C[C@]43O)C2)[C@@H]1OC(C)=O. The highest BCUT2D eigenvalue weighted by atomic mass is 16.7. The van der Waals surface area contributed by atoms with Crippen molar-refractivity contribution in [3.8, 4) is 0 Å². The Bertz CT molecular complexity index is 1220. The van der Waals surface area contributed by atoms with Crippen molar-refractivity contribution >= 4 is 17.9 Å². The van der Waals surface area contributed by atoms with Gasteiger partial charge < -0.3 is 38.6 Å². The Morgan fingerprint density at radius 1 is 1.00 bits per heavy atom. The summed E-state index contributed by atoms with van der Waals surface area (Å²) in [7, 11) is 1.48. The van der Waals surface area contributed by atoms with Gasteiger partial charge in [-0.15, -0.1) is 0 Å². The van der Waals surface area contributed by atoms with Crippen molar-refractivity contribution in [1.29, 1.82) is 0 Å². The molecule has 0 unspecified atom stereocenters. The van der Waals surface area contributed by atoms with E-state index >= 15 is 0 Å². The van der Waals surface area contributed by atoms with E-state index in [1.54, 1.807) is 6.92 Å². The number of rotatable bonds is 6. The zero-order chi connectivity index (χ0) is 32.5. The molecule has 0 amide bonds. The third-order valence-corrected chi connectivity index (χ3v) is 12.9.